The van der Waals surface area contributed by atoms with E-state index in [4.69, 9.17) is 0 Å². The Kier molecular flexibility index (Phi) is 11.8. The van der Waals surface area contributed by atoms with Crippen LogP contribution in [0.2, 0.25) is 7.35 Å². The van der Waals surface area contributed by atoms with Crippen LogP contribution in [0.5, 0.6) is 0 Å². The first-order valence-electron chi connectivity index (χ1n) is 19.7. The average molecular weight is 882 g/mol. The van der Waals surface area contributed by atoms with Gasteiger partial charge in [0.2, 0.25) is 0 Å². The number of aryl methyl sites for hydroxylation is 2. The summed E-state index contributed by atoms with van der Waals surface area (Å²) in [4.78, 5) is 0. The van der Waals surface area contributed by atoms with Crippen LogP contribution in [0.4, 0.5) is 0 Å². The van der Waals surface area contributed by atoms with Crippen LogP contribution in [-0.2, 0) is 32.8 Å². The van der Waals surface area contributed by atoms with Gasteiger partial charge in [0.1, 0.15) is 0 Å². The first-order chi connectivity index (χ1) is 23.8. The molecule has 4 aromatic carbocycles. The number of fused-ring (bicyclic) bond motifs is 3. The number of hydrogen-bond donors (Lipinski definition) is 0. The van der Waals surface area contributed by atoms with E-state index < -0.39 is 20.0 Å². The maximum absolute atomic E-state index is 3.28. The molecule has 0 N–H and O–H groups in total. The van der Waals surface area contributed by atoms with Crippen LogP contribution in [-0.4, -0.2) is 0 Å². The fraction of sp³-hybridized carbons (Fsp3) is 0.417. The zero-order valence-corrected chi connectivity index (χ0v) is 36.7. The first-order valence-corrected chi connectivity index (χ1v) is 28.0. The minimum Gasteiger partial charge on any atom is -1.00 e. The van der Waals surface area contributed by atoms with Crippen molar-refractivity contribution in [3.05, 3.63) is 129 Å². The van der Waals surface area contributed by atoms with E-state index in [0.717, 1.165) is 20.2 Å². The van der Waals surface area contributed by atoms with Gasteiger partial charge in [0.15, 0.2) is 0 Å². The molecule has 4 aliphatic rings. The third kappa shape index (κ3) is 6.65. The first kappa shape index (κ1) is 38.5. The predicted molar refractivity (Wildman–Crippen MR) is 209 cm³/mol. The van der Waals surface area contributed by atoms with Crippen molar-refractivity contribution in [3.8, 4) is 22.3 Å². The molecule has 0 nitrogen and oxygen atoms in total. The topological polar surface area (TPSA) is 0 Å². The second-order valence-corrected chi connectivity index (χ2v) is 33.4. The smallest absolute Gasteiger partial charge is 1.00 e. The Bertz CT molecular complexity index is 1770. The summed E-state index contributed by atoms with van der Waals surface area (Å²) in [6.07, 6.45) is 16.0. The van der Waals surface area contributed by atoms with E-state index in [1.807, 2.05) is 11.1 Å². The molecule has 2 fully saturated rings. The van der Waals surface area contributed by atoms with E-state index in [9.17, 15) is 0 Å². The minimum atomic E-state index is -3.28. The van der Waals surface area contributed by atoms with E-state index in [1.165, 1.54) is 71.9 Å². The predicted octanol–water partition coefficient (Wildman–Crippen LogP) is 8.14. The summed E-state index contributed by atoms with van der Waals surface area (Å²) >= 11 is -3.28. The van der Waals surface area contributed by atoms with Crippen molar-refractivity contribution in [1.82, 2.24) is 0 Å². The van der Waals surface area contributed by atoms with Crippen molar-refractivity contribution in [3.63, 3.8) is 0 Å². The van der Waals surface area contributed by atoms with Crippen molar-refractivity contribution in [2.45, 2.75) is 108 Å². The number of halogens is 2. The molecule has 0 spiro atoms. The van der Waals surface area contributed by atoms with Crippen molar-refractivity contribution < 1.29 is 44.8 Å². The third-order valence-electron chi connectivity index (χ3n) is 12.9. The van der Waals surface area contributed by atoms with Crippen molar-refractivity contribution in [1.29, 1.82) is 0 Å². The van der Waals surface area contributed by atoms with E-state index >= 15 is 0 Å². The molecule has 8 rings (SSSR count). The molecule has 4 unspecified atom stereocenters. The van der Waals surface area contributed by atoms with Crippen LogP contribution in [0.15, 0.2) is 96.1 Å². The van der Waals surface area contributed by atoms with Crippen LogP contribution in [0.3, 0.4) is 0 Å². The van der Waals surface area contributed by atoms with E-state index in [-0.39, 0.29) is 24.8 Å². The van der Waals surface area contributed by atoms with Gasteiger partial charge < -0.3 is 24.8 Å². The van der Waals surface area contributed by atoms with Gasteiger partial charge in [-0.05, 0) is 0 Å². The Hall–Kier alpha value is -2.19. The molecule has 1 heterocycles. The number of benzene rings is 4. The van der Waals surface area contributed by atoms with Gasteiger partial charge in [-0.1, -0.05) is 0 Å². The Labute approximate surface area is 325 Å². The molecule has 4 aromatic rings. The van der Waals surface area contributed by atoms with Crippen molar-refractivity contribution >= 4 is 12.2 Å². The summed E-state index contributed by atoms with van der Waals surface area (Å²) < 4.78 is 3.43. The molecular formula is C48H56Cl2Hf. The summed E-state index contributed by atoms with van der Waals surface area (Å²) in [5.74, 6) is 1.33. The summed E-state index contributed by atoms with van der Waals surface area (Å²) in [5, 5.41) is 0. The van der Waals surface area contributed by atoms with Crippen LogP contribution >= 0.6 is 0 Å². The molecule has 0 radical (unpaired) electrons. The van der Waals surface area contributed by atoms with Gasteiger partial charge >= 0.3 is 303 Å². The fourth-order valence-corrected chi connectivity index (χ4v) is 46.2. The van der Waals surface area contributed by atoms with E-state index in [0.29, 0.717) is 19.2 Å². The summed E-state index contributed by atoms with van der Waals surface area (Å²) in [5.41, 5.74) is 18.7. The van der Waals surface area contributed by atoms with Gasteiger partial charge in [-0.15, -0.1) is 0 Å². The molecule has 3 heteroatoms. The Balaban J connectivity index is 0.00000224. The second-order valence-electron chi connectivity index (χ2n) is 16.7. The molecule has 1 saturated heterocycles. The molecular weight excluding hydrogens is 826 g/mol. The average Bonchev–Trinajstić information content (AvgIpc) is 3.39. The summed E-state index contributed by atoms with van der Waals surface area (Å²) in [6.45, 7) is 14.4. The fourth-order valence-electron chi connectivity index (χ4n) is 11.0. The monoisotopic (exact) mass is 882 g/mol. The van der Waals surface area contributed by atoms with E-state index in [1.54, 1.807) is 22.3 Å². The maximum Gasteiger partial charge on any atom is -1.00 e. The molecule has 0 amide bonds. The normalized spacial score (nSPS) is 23.0. The molecule has 0 bridgehead atoms. The van der Waals surface area contributed by atoms with Crippen LogP contribution in [0.25, 0.3) is 34.4 Å². The number of hydrogen-bond acceptors (Lipinski definition) is 0. The largest absolute Gasteiger partial charge is 1.00 e. The van der Waals surface area contributed by atoms with Gasteiger partial charge in [-0.25, -0.2) is 0 Å². The van der Waals surface area contributed by atoms with Crippen LogP contribution in [0.1, 0.15) is 121 Å². The molecule has 4 atom stereocenters. The summed E-state index contributed by atoms with van der Waals surface area (Å²) in [7, 11) is 0. The third-order valence-corrected chi connectivity index (χ3v) is 37.8. The van der Waals surface area contributed by atoms with Gasteiger partial charge in [0.25, 0.3) is 0 Å². The molecule has 3 aliphatic carbocycles. The minimum absolute atomic E-state index is 0. The molecule has 1 aliphatic heterocycles. The van der Waals surface area contributed by atoms with E-state index in [2.05, 4.69) is 139 Å². The SMILES string of the molecule is CCc1ccc(-c2cccc3c2C=C(CC(C)C)[CH]3[Hf+2]2([CH]3C(CC(C)C)=Cc4c(-c5ccc(CC)cc5)cccc43)[CH]3CCCC[CH]32)cc1.[Cl-].[Cl-]. The zero-order valence-electron chi connectivity index (χ0n) is 31.6. The van der Waals surface area contributed by atoms with Crippen molar-refractivity contribution in [2.75, 3.05) is 0 Å². The zero-order chi connectivity index (χ0) is 33.9. The summed E-state index contributed by atoms with van der Waals surface area (Å²) in [6, 6.07) is 33.8. The molecule has 51 heavy (non-hydrogen) atoms. The maximum atomic E-state index is 2.74. The van der Waals surface area contributed by atoms with Crippen molar-refractivity contribution in [2.24, 2.45) is 11.8 Å². The van der Waals surface area contributed by atoms with Gasteiger partial charge in [0, 0.05) is 0 Å². The molecule has 1 saturated carbocycles. The molecule has 266 valence electrons. The van der Waals surface area contributed by atoms with Gasteiger partial charge in [-0.2, -0.15) is 0 Å². The Morgan fingerprint density at radius 2 is 0.941 bits per heavy atom. The second kappa shape index (κ2) is 15.7. The Morgan fingerprint density at radius 3 is 1.29 bits per heavy atom. The van der Waals surface area contributed by atoms with Gasteiger partial charge in [0.05, 0.1) is 0 Å². The Morgan fingerprint density at radius 1 is 0.549 bits per heavy atom. The quantitative estimate of drug-likeness (QED) is 0.141. The number of rotatable bonds is 10. The van der Waals surface area contributed by atoms with Crippen LogP contribution in [0, 0.1) is 11.8 Å². The van der Waals surface area contributed by atoms with Crippen LogP contribution < -0.4 is 24.8 Å². The number of allylic oxidation sites excluding steroid dienone is 2. The molecule has 0 aromatic heterocycles. The van der Waals surface area contributed by atoms with Gasteiger partial charge in [-0.3, -0.25) is 0 Å². The standard InChI is InChI=1S/2C21H23.C6H10.2ClH.Hf/c2*1-4-16-8-10-18(11-9-16)20-7-5-6-19-13-17(12-15(2)3)14-21(19)20;1-2-4-6-5-3-1;;;/h2*5-11,13-15H,4,12H2,1-3H3;1-2H,3-6H2;2*1H;/q;;;;;+2/p-2.